The average Bonchev–Trinajstić information content (AvgIpc) is 3.39. The van der Waals surface area contributed by atoms with Gasteiger partial charge < -0.3 is 9.64 Å². The summed E-state index contributed by atoms with van der Waals surface area (Å²) < 4.78 is 5.84. The fourth-order valence-electron chi connectivity index (χ4n) is 3.59. The number of nitrogens with zero attached hydrogens (tertiary/aromatic N) is 2. The van der Waals surface area contributed by atoms with Gasteiger partial charge in [-0.15, -0.1) is 11.3 Å². The van der Waals surface area contributed by atoms with E-state index in [4.69, 9.17) is 16.3 Å². The molecule has 3 aromatic carbocycles. The summed E-state index contributed by atoms with van der Waals surface area (Å²) in [5.74, 6) is 1.52. The molecule has 0 spiro atoms. The van der Waals surface area contributed by atoms with E-state index in [-0.39, 0.29) is 5.91 Å². The summed E-state index contributed by atoms with van der Waals surface area (Å²) in [6.45, 7) is 1.05. The second-order valence-electron chi connectivity index (χ2n) is 7.05. The Morgan fingerprint density at radius 1 is 1.03 bits per heavy atom. The number of benzene rings is 3. The quantitative estimate of drug-likeness (QED) is 0.366. The Morgan fingerprint density at radius 3 is 2.53 bits per heavy atom. The SMILES string of the molecule is O=C1c2c(Cl)cc(-c3nccs3)cc2CN1Cc1ccc(Oc2ccccc2)cc1. The van der Waals surface area contributed by atoms with Crippen LogP contribution < -0.4 is 4.74 Å². The fraction of sp³-hybridized carbons (Fsp3) is 0.0833. The van der Waals surface area contributed by atoms with E-state index in [1.54, 1.807) is 17.5 Å². The molecule has 30 heavy (non-hydrogen) atoms. The van der Waals surface area contributed by atoms with Crippen LogP contribution >= 0.6 is 22.9 Å². The summed E-state index contributed by atoms with van der Waals surface area (Å²) in [6, 6.07) is 21.3. The first-order valence-corrected chi connectivity index (χ1v) is 10.8. The molecule has 1 amide bonds. The molecule has 1 aliphatic rings. The molecular formula is C24H17ClN2O2S. The van der Waals surface area contributed by atoms with Crippen molar-refractivity contribution in [3.05, 3.63) is 100 Å². The molecule has 6 heteroatoms. The Balaban J connectivity index is 1.32. The minimum Gasteiger partial charge on any atom is -0.457 e. The molecule has 0 atom stereocenters. The molecule has 0 fully saturated rings. The third kappa shape index (κ3) is 3.70. The first kappa shape index (κ1) is 18.9. The van der Waals surface area contributed by atoms with Gasteiger partial charge in [0.1, 0.15) is 16.5 Å². The molecule has 0 aliphatic carbocycles. The molecule has 5 rings (SSSR count). The van der Waals surface area contributed by atoms with Gasteiger partial charge in [0.25, 0.3) is 5.91 Å². The average molecular weight is 433 g/mol. The lowest BCUT2D eigenvalue weighted by molar-refractivity contribution is 0.0767. The zero-order chi connectivity index (χ0) is 20.5. The highest BCUT2D eigenvalue weighted by molar-refractivity contribution is 7.13. The lowest BCUT2D eigenvalue weighted by Gasteiger charge is -2.16. The van der Waals surface area contributed by atoms with E-state index in [0.717, 1.165) is 33.2 Å². The number of halogens is 1. The van der Waals surface area contributed by atoms with E-state index in [9.17, 15) is 4.79 Å². The van der Waals surface area contributed by atoms with Crippen molar-refractivity contribution >= 4 is 28.8 Å². The van der Waals surface area contributed by atoms with Gasteiger partial charge in [-0.1, -0.05) is 41.9 Å². The van der Waals surface area contributed by atoms with Crippen LogP contribution in [-0.4, -0.2) is 15.8 Å². The van der Waals surface area contributed by atoms with Crippen LogP contribution in [0.2, 0.25) is 5.02 Å². The fourth-order valence-corrected chi connectivity index (χ4v) is 4.53. The van der Waals surface area contributed by atoms with E-state index >= 15 is 0 Å². The normalized spacial score (nSPS) is 12.8. The number of rotatable bonds is 5. The van der Waals surface area contributed by atoms with Crippen LogP contribution in [0, 0.1) is 0 Å². The van der Waals surface area contributed by atoms with Crippen LogP contribution in [0.4, 0.5) is 0 Å². The van der Waals surface area contributed by atoms with Crippen molar-refractivity contribution in [3.63, 3.8) is 0 Å². The van der Waals surface area contributed by atoms with Gasteiger partial charge in [0.15, 0.2) is 0 Å². The summed E-state index contributed by atoms with van der Waals surface area (Å²) in [7, 11) is 0. The maximum atomic E-state index is 12.9. The maximum Gasteiger partial charge on any atom is 0.256 e. The van der Waals surface area contributed by atoms with Crippen LogP contribution in [0.3, 0.4) is 0 Å². The highest BCUT2D eigenvalue weighted by Crippen LogP contribution is 2.35. The van der Waals surface area contributed by atoms with Crippen LogP contribution in [0.15, 0.2) is 78.3 Å². The number of amides is 1. The number of hydrogen-bond acceptors (Lipinski definition) is 4. The number of para-hydroxylation sites is 1. The summed E-state index contributed by atoms with van der Waals surface area (Å²) in [6.07, 6.45) is 1.77. The predicted octanol–water partition coefficient (Wildman–Crippen LogP) is 6.41. The number of fused-ring (bicyclic) bond motifs is 1. The van der Waals surface area contributed by atoms with E-state index < -0.39 is 0 Å². The Bertz CT molecular complexity index is 1190. The van der Waals surface area contributed by atoms with Crippen molar-refractivity contribution in [3.8, 4) is 22.1 Å². The molecule has 0 saturated carbocycles. The number of carbonyl (C=O) groups excluding carboxylic acids is 1. The minimum atomic E-state index is -0.0368. The van der Waals surface area contributed by atoms with Gasteiger partial charge in [-0.3, -0.25) is 4.79 Å². The monoisotopic (exact) mass is 432 g/mol. The Morgan fingerprint density at radius 2 is 1.80 bits per heavy atom. The zero-order valence-corrected chi connectivity index (χ0v) is 17.5. The van der Waals surface area contributed by atoms with Gasteiger partial charge in [-0.05, 0) is 47.5 Å². The summed E-state index contributed by atoms with van der Waals surface area (Å²) in [4.78, 5) is 19.1. The standard InChI is InChI=1S/C24H17ClN2O2S/c25-21-13-17(23-26-10-11-30-23)12-18-15-27(24(28)22(18)21)14-16-6-8-20(9-7-16)29-19-4-2-1-3-5-19/h1-13H,14-15H2. The number of thiazole rings is 1. The molecule has 1 aromatic heterocycles. The maximum absolute atomic E-state index is 12.9. The topological polar surface area (TPSA) is 42.4 Å². The Kier molecular flexibility index (Phi) is 4.99. The molecule has 4 nitrogen and oxygen atoms in total. The van der Waals surface area contributed by atoms with Crippen molar-refractivity contribution in [1.82, 2.24) is 9.88 Å². The molecule has 4 aromatic rings. The molecule has 0 N–H and O–H groups in total. The van der Waals surface area contributed by atoms with Crippen molar-refractivity contribution in [2.24, 2.45) is 0 Å². The molecule has 148 valence electrons. The van der Waals surface area contributed by atoms with Gasteiger partial charge in [-0.2, -0.15) is 0 Å². The third-order valence-corrected chi connectivity index (χ3v) is 6.11. The van der Waals surface area contributed by atoms with E-state index in [1.165, 1.54) is 0 Å². The highest BCUT2D eigenvalue weighted by Gasteiger charge is 2.30. The summed E-state index contributed by atoms with van der Waals surface area (Å²) in [5.41, 5.74) is 3.53. The molecule has 1 aliphatic heterocycles. The molecule has 0 radical (unpaired) electrons. The van der Waals surface area contributed by atoms with Gasteiger partial charge in [0.05, 0.1) is 10.6 Å². The molecule has 0 unspecified atom stereocenters. The van der Waals surface area contributed by atoms with E-state index in [1.807, 2.05) is 77.0 Å². The molecule has 0 saturated heterocycles. The number of hydrogen-bond donors (Lipinski definition) is 0. The first-order chi connectivity index (χ1) is 14.7. The first-order valence-electron chi connectivity index (χ1n) is 9.51. The van der Waals surface area contributed by atoms with Crippen LogP contribution in [0.5, 0.6) is 11.5 Å². The van der Waals surface area contributed by atoms with Crippen LogP contribution in [-0.2, 0) is 13.1 Å². The largest absolute Gasteiger partial charge is 0.457 e. The van der Waals surface area contributed by atoms with Gasteiger partial charge in [0.2, 0.25) is 0 Å². The van der Waals surface area contributed by atoms with Gasteiger partial charge in [0, 0.05) is 30.2 Å². The van der Waals surface area contributed by atoms with Gasteiger partial charge in [-0.25, -0.2) is 4.98 Å². The van der Waals surface area contributed by atoms with E-state index in [0.29, 0.717) is 23.7 Å². The van der Waals surface area contributed by atoms with Gasteiger partial charge >= 0.3 is 0 Å². The van der Waals surface area contributed by atoms with Crippen LogP contribution in [0.25, 0.3) is 10.6 Å². The smallest absolute Gasteiger partial charge is 0.256 e. The second-order valence-corrected chi connectivity index (χ2v) is 8.35. The summed E-state index contributed by atoms with van der Waals surface area (Å²) >= 11 is 8.02. The van der Waals surface area contributed by atoms with Crippen molar-refractivity contribution < 1.29 is 9.53 Å². The molecule has 2 heterocycles. The lowest BCUT2D eigenvalue weighted by Crippen LogP contribution is -2.23. The second kappa shape index (κ2) is 7.94. The predicted molar refractivity (Wildman–Crippen MR) is 119 cm³/mol. The Hall–Kier alpha value is -3.15. The third-order valence-electron chi connectivity index (χ3n) is 4.99. The minimum absolute atomic E-state index is 0.0368. The number of aromatic nitrogens is 1. The van der Waals surface area contributed by atoms with Crippen molar-refractivity contribution in [1.29, 1.82) is 0 Å². The molecule has 0 bridgehead atoms. The lowest BCUT2D eigenvalue weighted by atomic mass is 10.1. The van der Waals surface area contributed by atoms with Crippen molar-refractivity contribution in [2.45, 2.75) is 13.1 Å². The Labute approximate surface area is 183 Å². The van der Waals surface area contributed by atoms with Crippen molar-refractivity contribution in [2.75, 3.05) is 0 Å². The van der Waals surface area contributed by atoms with Crippen LogP contribution in [0.1, 0.15) is 21.5 Å². The number of carbonyl (C=O) groups is 1. The highest BCUT2D eigenvalue weighted by atomic mass is 35.5. The zero-order valence-electron chi connectivity index (χ0n) is 15.9. The molecular weight excluding hydrogens is 416 g/mol. The van der Waals surface area contributed by atoms with E-state index in [2.05, 4.69) is 4.98 Å². The summed E-state index contributed by atoms with van der Waals surface area (Å²) in [5, 5.41) is 3.32. The number of ether oxygens (including phenoxy) is 1.